The molecule has 0 fully saturated rings. The summed E-state index contributed by atoms with van der Waals surface area (Å²) < 4.78 is 5.00. The van der Waals surface area contributed by atoms with Crippen molar-refractivity contribution in [3.8, 4) is 5.88 Å². The third-order valence-corrected chi connectivity index (χ3v) is 1.32. The number of nitrogens with one attached hydrogen (secondary N) is 1. The lowest BCUT2D eigenvalue weighted by atomic mass is 10.3. The maximum absolute atomic E-state index is 10.4. The van der Waals surface area contributed by atoms with E-state index < -0.39 is 0 Å². The monoisotopic (exact) mass is 168 g/mol. The summed E-state index contributed by atoms with van der Waals surface area (Å²) in [4.78, 5) is 20.8. The van der Waals surface area contributed by atoms with Gasteiger partial charge in [0, 0.05) is 0 Å². The summed E-state index contributed by atoms with van der Waals surface area (Å²) in [7, 11) is 0. The second-order valence-corrected chi connectivity index (χ2v) is 2.02. The summed E-state index contributed by atoms with van der Waals surface area (Å²) in [6.07, 6.45) is 1.04. The van der Waals surface area contributed by atoms with Crippen molar-refractivity contribution in [2.24, 2.45) is 0 Å². The zero-order valence-corrected chi connectivity index (χ0v) is 6.53. The Hall–Kier alpha value is -1.65. The number of ether oxygens (including phenoxy) is 1. The van der Waals surface area contributed by atoms with Crippen molar-refractivity contribution in [3.05, 3.63) is 11.3 Å². The van der Waals surface area contributed by atoms with Gasteiger partial charge in [0.25, 0.3) is 0 Å². The largest absolute Gasteiger partial charge is 0.478 e. The van der Waals surface area contributed by atoms with Gasteiger partial charge in [-0.3, -0.25) is 9.59 Å². The van der Waals surface area contributed by atoms with Crippen LogP contribution in [0.2, 0.25) is 0 Å². The first-order chi connectivity index (χ1) is 5.83. The van der Waals surface area contributed by atoms with Gasteiger partial charge in [-0.15, -0.1) is 0 Å². The molecule has 0 aliphatic carbocycles. The molecule has 1 aromatic rings. The Morgan fingerprint density at radius 1 is 1.50 bits per heavy atom. The smallest absolute Gasteiger partial charge is 0.220 e. The van der Waals surface area contributed by atoms with E-state index in [1.807, 2.05) is 0 Å². The number of carbonyl (C=O) groups is 2. The summed E-state index contributed by atoms with van der Waals surface area (Å²) in [5.41, 5.74) is 0.250. The number of hydrogen-bond donors (Lipinski definition) is 1. The van der Waals surface area contributed by atoms with Crippen LogP contribution < -0.4 is 4.74 Å². The number of nitrogens with zero attached hydrogens (tertiary/aromatic N) is 1. The fourth-order valence-electron chi connectivity index (χ4n) is 0.806. The Kier molecular flexibility index (Phi) is 2.57. The number of hydrogen-bond acceptors (Lipinski definition) is 4. The number of H-pyrrole nitrogens is 1. The zero-order valence-electron chi connectivity index (χ0n) is 6.53. The molecule has 0 spiro atoms. The molecule has 5 nitrogen and oxygen atoms in total. The van der Waals surface area contributed by atoms with Gasteiger partial charge in [0.05, 0.1) is 6.61 Å². The summed E-state index contributed by atoms with van der Waals surface area (Å²) in [5, 5.41) is 6.02. The molecule has 0 aliphatic rings. The molecule has 0 aliphatic heterocycles. The van der Waals surface area contributed by atoms with Crippen LogP contribution in [-0.4, -0.2) is 29.4 Å². The average molecular weight is 168 g/mol. The second-order valence-electron chi connectivity index (χ2n) is 2.02. The lowest BCUT2D eigenvalue weighted by molar-refractivity contribution is 0.109. The molecule has 0 radical (unpaired) electrons. The molecule has 64 valence electrons. The molecule has 5 heteroatoms. The Balaban J connectivity index is 3.04. The van der Waals surface area contributed by atoms with Crippen molar-refractivity contribution >= 4 is 12.6 Å². The lowest BCUT2D eigenvalue weighted by Gasteiger charge is -1.97. The highest BCUT2D eigenvalue weighted by molar-refractivity contribution is 5.90. The molecule has 1 N–H and O–H groups in total. The van der Waals surface area contributed by atoms with Crippen LogP contribution in [0.5, 0.6) is 5.88 Å². The minimum absolute atomic E-state index is 0.0773. The van der Waals surface area contributed by atoms with Gasteiger partial charge in [0.2, 0.25) is 5.88 Å². The van der Waals surface area contributed by atoms with E-state index in [1.165, 1.54) is 0 Å². The first-order valence-corrected chi connectivity index (χ1v) is 3.45. The second kappa shape index (κ2) is 3.66. The van der Waals surface area contributed by atoms with Crippen molar-refractivity contribution in [2.75, 3.05) is 6.61 Å². The first kappa shape index (κ1) is 8.45. The van der Waals surface area contributed by atoms with Gasteiger partial charge < -0.3 is 4.74 Å². The van der Waals surface area contributed by atoms with Gasteiger partial charge in [0.15, 0.2) is 12.6 Å². The molecule has 0 aromatic carbocycles. The molecule has 0 bridgehead atoms. The van der Waals surface area contributed by atoms with Crippen LogP contribution in [0.25, 0.3) is 0 Å². The quantitative estimate of drug-likeness (QED) is 0.662. The van der Waals surface area contributed by atoms with E-state index in [-0.39, 0.29) is 17.1 Å². The molecule has 1 aromatic heterocycles. The van der Waals surface area contributed by atoms with Gasteiger partial charge in [-0.2, -0.15) is 5.10 Å². The summed E-state index contributed by atoms with van der Waals surface area (Å²) in [6.45, 7) is 2.19. The number of rotatable bonds is 4. The van der Waals surface area contributed by atoms with Crippen LogP contribution in [0.4, 0.5) is 0 Å². The molecule has 0 amide bonds. The Labute approximate surface area is 68.7 Å². The van der Waals surface area contributed by atoms with Gasteiger partial charge in [-0.1, -0.05) is 0 Å². The van der Waals surface area contributed by atoms with Crippen molar-refractivity contribution in [1.82, 2.24) is 10.2 Å². The lowest BCUT2D eigenvalue weighted by Crippen LogP contribution is -1.95. The van der Waals surface area contributed by atoms with E-state index in [0.717, 1.165) is 0 Å². The predicted octanol–water partition coefficient (Wildman–Crippen LogP) is 0.433. The van der Waals surface area contributed by atoms with Crippen molar-refractivity contribution < 1.29 is 14.3 Å². The van der Waals surface area contributed by atoms with Crippen LogP contribution in [-0.2, 0) is 0 Å². The highest BCUT2D eigenvalue weighted by Crippen LogP contribution is 2.14. The maximum atomic E-state index is 10.4. The van der Waals surface area contributed by atoms with Crippen LogP contribution >= 0.6 is 0 Å². The van der Waals surface area contributed by atoms with Crippen molar-refractivity contribution in [3.63, 3.8) is 0 Å². The SMILES string of the molecule is CCOc1[nH]nc(C=O)c1C=O. The third kappa shape index (κ3) is 1.34. The molecule has 0 unspecified atom stereocenters. The molecule has 0 saturated carbocycles. The Bertz CT molecular complexity index is 293. The average Bonchev–Trinajstić information content (AvgIpc) is 2.47. The van der Waals surface area contributed by atoms with Gasteiger partial charge in [0.1, 0.15) is 11.3 Å². The fourth-order valence-corrected chi connectivity index (χ4v) is 0.806. The third-order valence-electron chi connectivity index (χ3n) is 1.32. The van der Waals surface area contributed by atoms with Gasteiger partial charge >= 0.3 is 0 Å². The summed E-state index contributed by atoms with van der Waals surface area (Å²) in [5.74, 6) is 0.245. The minimum atomic E-state index is 0.0773. The Morgan fingerprint density at radius 2 is 2.25 bits per heavy atom. The normalized spacial score (nSPS) is 9.42. The number of aldehydes is 2. The van der Waals surface area contributed by atoms with Crippen LogP contribution in [0.15, 0.2) is 0 Å². The van der Waals surface area contributed by atoms with E-state index >= 15 is 0 Å². The van der Waals surface area contributed by atoms with E-state index in [1.54, 1.807) is 6.92 Å². The molecule has 12 heavy (non-hydrogen) atoms. The molecular weight excluding hydrogens is 160 g/mol. The molecule has 1 heterocycles. The number of carbonyl (C=O) groups excluding carboxylic acids is 2. The molecule has 1 rings (SSSR count). The van der Waals surface area contributed by atoms with E-state index in [2.05, 4.69) is 10.2 Å². The highest BCUT2D eigenvalue weighted by atomic mass is 16.5. The summed E-state index contributed by atoms with van der Waals surface area (Å²) >= 11 is 0. The van der Waals surface area contributed by atoms with Crippen molar-refractivity contribution in [1.29, 1.82) is 0 Å². The molecule has 0 saturated heterocycles. The maximum Gasteiger partial charge on any atom is 0.220 e. The number of aromatic nitrogens is 2. The summed E-state index contributed by atoms with van der Waals surface area (Å²) in [6, 6.07) is 0. The van der Waals surface area contributed by atoms with Crippen molar-refractivity contribution in [2.45, 2.75) is 6.92 Å². The van der Waals surface area contributed by atoms with Crippen LogP contribution in [0, 0.1) is 0 Å². The standard InChI is InChI=1S/C7H8N2O3/c1-2-12-7-5(3-10)6(4-11)8-9-7/h3-4H,2H2,1H3,(H,8,9). The van der Waals surface area contributed by atoms with E-state index in [0.29, 0.717) is 19.2 Å². The minimum Gasteiger partial charge on any atom is -0.478 e. The predicted molar refractivity (Wildman–Crippen MR) is 40.5 cm³/mol. The first-order valence-electron chi connectivity index (χ1n) is 3.45. The van der Waals surface area contributed by atoms with Crippen LogP contribution in [0.1, 0.15) is 27.8 Å². The van der Waals surface area contributed by atoms with E-state index in [4.69, 9.17) is 4.74 Å². The highest BCUT2D eigenvalue weighted by Gasteiger charge is 2.11. The number of aromatic amines is 1. The van der Waals surface area contributed by atoms with Gasteiger partial charge in [-0.25, -0.2) is 5.10 Å². The topological polar surface area (TPSA) is 72.0 Å². The van der Waals surface area contributed by atoms with Crippen LogP contribution in [0.3, 0.4) is 0 Å². The zero-order chi connectivity index (χ0) is 8.97. The molecule has 0 atom stereocenters. The van der Waals surface area contributed by atoms with E-state index in [9.17, 15) is 9.59 Å². The molecular formula is C7H8N2O3. The Morgan fingerprint density at radius 3 is 2.75 bits per heavy atom. The fraction of sp³-hybridized carbons (Fsp3) is 0.286. The van der Waals surface area contributed by atoms with Gasteiger partial charge in [-0.05, 0) is 6.92 Å².